The van der Waals surface area contributed by atoms with Gasteiger partial charge in [0.05, 0.1) is 16.1 Å². The summed E-state index contributed by atoms with van der Waals surface area (Å²) in [6.45, 7) is 1.74. The monoisotopic (exact) mass is 375 g/mol. The Kier molecular flexibility index (Phi) is 5.49. The molecule has 2 aromatic carbocycles. The second kappa shape index (κ2) is 7.06. The molecular weight excluding hydrogens is 359 g/mol. The number of halogens is 3. The molecule has 0 amide bonds. The molecule has 0 N–H and O–H groups in total. The van der Waals surface area contributed by atoms with Crippen LogP contribution in [0.3, 0.4) is 0 Å². The van der Waals surface area contributed by atoms with E-state index < -0.39 is 21.8 Å². The summed E-state index contributed by atoms with van der Waals surface area (Å²) in [6, 6.07) is 10.5. The van der Waals surface area contributed by atoms with E-state index in [1.165, 1.54) is 36.0 Å². The summed E-state index contributed by atoms with van der Waals surface area (Å²) in [6.07, 6.45) is -2.58. The average Bonchev–Trinajstić information content (AvgIpc) is 2.55. The zero-order valence-electron chi connectivity index (χ0n) is 13.0. The van der Waals surface area contributed by atoms with E-state index in [0.29, 0.717) is 0 Å². The lowest BCUT2D eigenvalue weighted by molar-refractivity contribution is -0.137. The zero-order chi connectivity index (χ0) is 18.0. The topological polar surface area (TPSA) is 37.4 Å². The Labute approximate surface area is 143 Å². The summed E-state index contributed by atoms with van der Waals surface area (Å²) >= 11 is 1.49. The fourth-order valence-electron chi connectivity index (χ4n) is 2.18. The van der Waals surface area contributed by atoms with E-state index in [2.05, 4.69) is 0 Å². The quantitative estimate of drug-likeness (QED) is 0.715. The van der Waals surface area contributed by atoms with E-state index in [-0.39, 0.29) is 17.1 Å². The van der Waals surface area contributed by atoms with Gasteiger partial charge in [-0.3, -0.25) is 4.31 Å². The summed E-state index contributed by atoms with van der Waals surface area (Å²) in [5.74, 6) is 0. The van der Waals surface area contributed by atoms with Gasteiger partial charge in [0.15, 0.2) is 0 Å². The van der Waals surface area contributed by atoms with E-state index in [0.717, 1.165) is 21.3 Å². The Bertz CT molecular complexity index is 786. The largest absolute Gasteiger partial charge is 0.416 e. The molecule has 0 radical (unpaired) electrons. The van der Waals surface area contributed by atoms with Crippen LogP contribution in [0.5, 0.6) is 0 Å². The number of hydrogen-bond acceptors (Lipinski definition) is 3. The molecule has 0 saturated carbocycles. The lowest BCUT2D eigenvalue weighted by atomic mass is 10.2. The van der Waals surface area contributed by atoms with Crippen LogP contribution in [0.25, 0.3) is 0 Å². The molecule has 0 heterocycles. The van der Waals surface area contributed by atoms with Crippen molar-refractivity contribution in [2.45, 2.75) is 22.9 Å². The summed E-state index contributed by atoms with van der Waals surface area (Å²) in [5.41, 5.74) is -0.622. The van der Waals surface area contributed by atoms with Crippen molar-refractivity contribution in [3.05, 3.63) is 54.1 Å². The molecule has 0 spiro atoms. The fourth-order valence-corrected chi connectivity index (χ4v) is 4.06. The highest BCUT2D eigenvalue weighted by Crippen LogP contribution is 2.32. The molecule has 8 heteroatoms. The van der Waals surface area contributed by atoms with Crippen molar-refractivity contribution in [2.75, 3.05) is 17.1 Å². The van der Waals surface area contributed by atoms with Crippen LogP contribution in [0.15, 0.2) is 58.3 Å². The molecule has 0 bridgehead atoms. The molecule has 0 unspecified atom stereocenters. The lowest BCUT2D eigenvalue weighted by Crippen LogP contribution is -2.30. The Morgan fingerprint density at radius 1 is 1.00 bits per heavy atom. The molecule has 2 rings (SSSR count). The average molecular weight is 375 g/mol. The second-order valence-corrected chi connectivity index (χ2v) is 7.63. The number of hydrogen-bond donors (Lipinski definition) is 0. The molecular formula is C16H16F3NO2S2. The van der Waals surface area contributed by atoms with Gasteiger partial charge in [-0.25, -0.2) is 8.42 Å². The normalized spacial score (nSPS) is 12.2. The van der Waals surface area contributed by atoms with Gasteiger partial charge in [0.25, 0.3) is 10.0 Å². The fraction of sp³-hybridized carbons (Fsp3) is 0.250. The highest BCUT2D eigenvalue weighted by molar-refractivity contribution is 7.98. The summed E-state index contributed by atoms with van der Waals surface area (Å²) in [7, 11) is -3.83. The summed E-state index contributed by atoms with van der Waals surface area (Å²) < 4.78 is 64.5. The number of benzene rings is 2. The number of nitrogens with zero attached hydrogens (tertiary/aromatic N) is 1. The van der Waals surface area contributed by atoms with Gasteiger partial charge in [0.1, 0.15) is 0 Å². The standard InChI is InChI=1S/C16H16F3NO2S2/c1-3-20(13-6-4-12(5-7-13)16(17,18)19)24(21,22)15-10-8-14(23-2)9-11-15/h4-11H,3H2,1-2H3. The van der Waals surface area contributed by atoms with Gasteiger partial charge in [-0.2, -0.15) is 13.2 Å². The maximum absolute atomic E-state index is 12.7. The second-order valence-electron chi connectivity index (χ2n) is 4.89. The van der Waals surface area contributed by atoms with Gasteiger partial charge in [-0.05, 0) is 61.7 Å². The number of rotatable bonds is 5. The van der Waals surface area contributed by atoms with Crippen LogP contribution >= 0.6 is 11.8 Å². The van der Waals surface area contributed by atoms with Gasteiger partial charge in [-0.1, -0.05) is 0 Å². The first-order valence-corrected chi connectivity index (χ1v) is 9.70. The predicted octanol–water partition coefficient (Wildman–Crippen LogP) is 4.64. The molecule has 0 aliphatic heterocycles. The molecule has 130 valence electrons. The van der Waals surface area contributed by atoms with Gasteiger partial charge in [0, 0.05) is 11.4 Å². The van der Waals surface area contributed by atoms with Gasteiger partial charge < -0.3 is 0 Å². The Morgan fingerprint density at radius 2 is 1.54 bits per heavy atom. The molecule has 0 aromatic heterocycles. The number of thioether (sulfide) groups is 1. The third-order valence-corrected chi connectivity index (χ3v) is 6.08. The van der Waals surface area contributed by atoms with E-state index in [4.69, 9.17) is 0 Å². The van der Waals surface area contributed by atoms with Crippen molar-refractivity contribution in [1.82, 2.24) is 0 Å². The minimum Gasteiger partial charge on any atom is -0.267 e. The maximum Gasteiger partial charge on any atom is 0.416 e. The molecule has 2 aromatic rings. The van der Waals surface area contributed by atoms with Crippen LogP contribution in [-0.4, -0.2) is 21.2 Å². The van der Waals surface area contributed by atoms with Crippen molar-refractivity contribution in [3.8, 4) is 0 Å². The van der Waals surface area contributed by atoms with E-state index in [9.17, 15) is 21.6 Å². The first-order valence-electron chi connectivity index (χ1n) is 7.04. The molecule has 0 aliphatic rings. The van der Waals surface area contributed by atoms with Crippen molar-refractivity contribution < 1.29 is 21.6 Å². The van der Waals surface area contributed by atoms with Gasteiger partial charge >= 0.3 is 6.18 Å². The smallest absolute Gasteiger partial charge is 0.267 e. The van der Waals surface area contributed by atoms with E-state index in [1.54, 1.807) is 19.1 Å². The van der Waals surface area contributed by atoms with Crippen LogP contribution in [0, 0.1) is 0 Å². The number of alkyl halides is 3. The highest BCUT2D eigenvalue weighted by Gasteiger charge is 2.31. The number of sulfonamides is 1. The molecule has 3 nitrogen and oxygen atoms in total. The predicted molar refractivity (Wildman–Crippen MR) is 89.9 cm³/mol. The van der Waals surface area contributed by atoms with E-state index in [1.807, 2.05) is 6.26 Å². The lowest BCUT2D eigenvalue weighted by Gasteiger charge is -2.23. The van der Waals surface area contributed by atoms with Gasteiger partial charge in [-0.15, -0.1) is 11.8 Å². The molecule has 0 fully saturated rings. The minimum atomic E-state index is -4.46. The summed E-state index contributed by atoms with van der Waals surface area (Å²) in [5, 5.41) is 0. The van der Waals surface area contributed by atoms with Crippen molar-refractivity contribution in [3.63, 3.8) is 0 Å². The minimum absolute atomic E-state index is 0.0991. The first-order chi connectivity index (χ1) is 11.2. The Balaban J connectivity index is 2.38. The van der Waals surface area contributed by atoms with Crippen LogP contribution < -0.4 is 4.31 Å². The van der Waals surface area contributed by atoms with Crippen molar-refractivity contribution >= 4 is 27.5 Å². The Morgan fingerprint density at radius 3 is 1.96 bits per heavy atom. The van der Waals surface area contributed by atoms with Crippen molar-refractivity contribution in [2.24, 2.45) is 0 Å². The van der Waals surface area contributed by atoms with Crippen LogP contribution in [-0.2, 0) is 16.2 Å². The third kappa shape index (κ3) is 3.87. The number of anilines is 1. The molecule has 0 atom stereocenters. The Hall–Kier alpha value is -1.67. The highest BCUT2D eigenvalue weighted by atomic mass is 32.2. The van der Waals surface area contributed by atoms with Crippen LogP contribution in [0.4, 0.5) is 18.9 Å². The van der Waals surface area contributed by atoms with E-state index >= 15 is 0 Å². The molecule has 0 aliphatic carbocycles. The SMILES string of the molecule is CCN(c1ccc(C(F)(F)F)cc1)S(=O)(=O)c1ccc(SC)cc1. The van der Waals surface area contributed by atoms with Gasteiger partial charge in [0.2, 0.25) is 0 Å². The third-order valence-electron chi connectivity index (χ3n) is 3.42. The molecule has 0 saturated heterocycles. The molecule has 24 heavy (non-hydrogen) atoms. The van der Waals surface area contributed by atoms with Crippen LogP contribution in [0.2, 0.25) is 0 Å². The maximum atomic E-state index is 12.7. The van der Waals surface area contributed by atoms with Crippen LogP contribution in [0.1, 0.15) is 12.5 Å². The first kappa shape index (κ1) is 18.7. The van der Waals surface area contributed by atoms with Crippen molar-refractivity contribution in [1.29, 1.82) is 0 Å². The summed E-state index contributed by atoms with van der Waals surface area (Å²) in [4.78, 5) is 1.02. The zero-order valence-corrected chi connectivity index (χ0v) is 14.7.